The van der Waals surface area contributed by atoms with E-state index in [1.165, 1.54) is 22.2 Å². The van der Waals surface area contributed by atoms with Crippen LogP contribution in [-0.2, 0) is 17.6 Å². The lowest BCUT2D eigenvalue weighted by molar-refractivity contribution is -0.137. The highest BCUT2D eigenvalue weighted by Crippen LogP contribution is 2.32. The molecule has 2 heterocycles. The number of rotatable bonds is 1. The first-order valence-corrected chi connectivity index (χ1v) is 8.28. The summed E-state index contributed by atoms with van der Waals surface area (Å²) in [6, 6.07) is 8.46. The number of aromatic nitrogens is 1. The molecule has 1 aliphatic heterocycles. The number of para-hydroxylation sites is 1. The molecular weight excluding hydrogens is 274 g/mol. The number of amides is 1. The van der Waals surface area contributed by atoms with Crippen molar-refractivity contribution in [3.05, 3.63) is 35.5 Å². The average Bonchev–Trinajstić information content (AvgIpc) is 2.92. The Morgan fingerprint density at radius 3 is 2.77 bits per heavy atom. The Morgan fingerprint density at radius 2 is 1.95 bits per heavy atom. The fraction of sp³-hybridized carbons (Fsp3) is 0.500. The largest absolute Gasteiger partial charge is 0.358 e. The van der Waals surface area contributed by atoms with Gasteiger partial charge in [-0.3, -0.25) is 4.79 Å². The van der Waals surface area contributed by atoms with Crippen molar-refractivity contribution in [1.29, 1.82) is 0 Å². The van der Waals surface area contributed by atoms with Crippen molar-refractivity contribution in [2.45, 2.75) is 19.3 Å². The van der Waals surface area contributed by atoms with E-state index < -0.39 is 0 Å². The molecule has 1 N–H and O–H groups in total. The summed E-state index contributed by atoms with van der Waals surface area (Å²) in [7, 11) is 2.13. The van der Waals surface area contributed by atoms with Gasteiger partial charge in [-0.15, -0.1) is 0 Å². The lowest BCUT2D eigenvalue weighted by Gasteiger charge is -2.35. The molecule has 1 aliphatic carbocycles. The standard InChI is InChI=1S/C18H23N3O/c1-20-8-10-21(11-9-20)18(22)13-6-7-17-15(12-13)14-4-2-3-5-16(14)19-17/h2-5,13,19H,6-12H2,1H3. The normalized spacial score (nSPS) is 22.8. The predicted octanol–water partition coefficient (Wildman–Crippen LogP) is 2.05. The highest BCUT2D eigenvalue weighted by Gasteiger charge is 2.31. The molecule has 2 aliphatic rings. The summed E-state index contributed by atoms with van der Waals surface area (Å²) in [5.41, 5.74) is 3.91. The Balaban J connectivity index is 1.55. The van der Waals surface area contributed by atoms with E-state index in [1.54, 1.807) is 0 Å². The molecule has 1 saturated heterocycles. The van der Waals surface area contributed by atoms with E-state index in [2.05, 4.69) is 46.1 Å². The first kappa shape index (κ1) is 13.8. The van der Waals surface area contributed by atoms with Gasteiger partial charge in [-0.1, -0.05) is 18.2 Å². The third kappa shape index (κ3) is 2.31. The van der Waals surface area contributed by atoms with E-state index in [0.29, 0.717) is 5.91 Å². The Kier molecular flexibility index (Phi) is 3.41. The van der Waals surface area contributed by atoms with Crippen molar-refractivity contribution in [2.75, 3.05) is 33.2 Å². The van der Waals surface area contributed by atoms with Gasteiger partial charge in [-0.25, -0.2) is 0 Å². The van der Waals surface area contributed by atoms with Gasteiger partial charge < -0.3 is 14.8 Å². The van der Waals surface area contributed by atoms with Crippen LogP contribution >= 0.6 is 0 Å². The molecule has 116 valence electrons. The van der Waals surface area contributed by atoms with Gasteiger partial charge in [0.05, 0.1) is 0 Å². The topological polar surface area (TPSA) is 39.3 Å². The van der Waals surface area contributed by atoms with E-state index in [0.717, 1.165) is 45.4 Å². The van der Waals surface area contributed by atoms with Crippen molar-refractivity contribution in [1.82, 2.24) is 14.8 Å². The number of aromatic amines is 1. The first-order chi connectivity index (χ1) is 10.7. The molecule has 1 amide bonds. The van der Waals surface area contributed by atoms with Gasteiger partial charge in [-0.2, -0.15) is 0 Å². The minimum Gasteiger partial charge on any atom is -0.358 e. The number of hydrogen-bond acceptors (Lipinski definition) is 2. The number of fused-ring (bicyclic) bond motifs is 3. The smallest absolute Gasteiger partial charge is 0.226 e. The summed E-state index contributed by atoms with van der Waals surface area (Å²) >= 11 is 0. The highest BCUT2D eigenvalue weighted by atomic mass is 16.2. The fourth-order valence-corrected chi connectivity index (χ4v) is 3.87. The number of piperazine rings is 1. The Hall–Kier alpha value is -1.81. The molecular formula is C18H23N3O. The van der Waals surface area contributed by atoms with Crippen molar-refractivity contribution < 1.29 is 4.79 Å². The molecule has 0 saturated carbocycles. The van der Waals surface area contributed by atoms with Crippen molar-refractivity contribution in [2.24, 2.45) is 5.92 Å². The van der Waals surface area contributed by atoms with Crippen LogP contribution < -0.4 is 0 Å². The fourth-order valence-electron chi connectivity index (χ4n) is 3.87. The second-order valence-electron chi connectivity index (χ2n) is 6.70. The molecule has 0 spiro atoms. The lowest BCUT2D eigenvalue weighted by atomic mass is 9.85. The Morgan fingerprint density at radius 1 is 1.18 bits per heavy atom. The van der Waals surface area contributed by atoms with E-state index in [1.807, 2.05) is 0 Å². The molecule has 22 heavy (non-hydrogen) atoms. The SMILES string of the molecule is CN1CCN(C(=O)C2CCc3[nH]c4ccccc4c3C2)CC1. The van der Waals surface area contributed by atoms with Gasteiger partial charge in [0.15, 0.2) is 0 Å². The number of aryl methyl sites for hydroxylation is 1. The molecule has 1 fully saturated rings. The predicted molar refractivity (Wildman–Crippen MR) is 87.9 cm³/mol. The molecule has 1 aromatic heterocycles. The number of nitrogens with zero attached hydrogens (tertiary/aromatic N) is 2. The van der Waals surface area contributed by atoms with Gasteiger partial charge in [0.25, 0.3) is 0 Å². The van der Waals surface area contributed by atoms with Crippen LogP contribution in [0.3, 0.4) is 0 Å². The average molecular weight is 297 g/mol. The van der Waals surface area contributed by atoms with Crippen molar-refractivity contribution in [3.63, 3.8) is 0 Å². The quantitative estimate of drug-likeness (QED) is 0.875. The number of hydrogen-bond donors (Lipinski definition) is 1. The summed E-state index contributed by atoms with van der Waals surface area (Å²) < 4.78 is 0. The van der Waals surface area contributed by atoms with E-state index in [9.17, 15) is 4.79 Å². The second kappa shape index (κ2) is 5.43. The maximum atomic E-state index is 12.8. The van der Waals surface area contributed by atoms with Gasteiger partial charge in [0, 0.05) is 48.7 Å². The van der Waals surface area contributed by atoms with Crippen molar-refractivity contribution in [3.8, 4) is 0 Å². The number of carbonyl (C=O) groups is 1. The van der Waals surface area contributed by atoms with Gasteiger partial charge in [0.1, 0.15) is 0 Å². The third-order valence-corrected chi connectivity index (χ3v) is 5.26. The van der Waals surface area contributed by atoms with Crippen LogP contribution in [0, 0.1) is 5.92 Å². The van der Waals surface area contributed by atoms with Crippen molar-refractivity contribution >= 4 is 16.8 Å². The third-order valence-electron chi connectivity index (χ3n) is 5.26. The van der Waals surface area contributed by atoms with Crippen LogP contribution in [0.5, 0.6) is 0 Å². The molecule has 4 rings (SSSR count). The van der Waals surface area contributed by atoms with Crippen LogP contribution in [-0.4, -0.2) is 53.9 Å². The monoisotopic (exact) mass is 297 g/mol. The van der Waals surface area contributed by atoms with E-state index in [4.69, 9.17) is 0 Å². The number of benzene rings is 1. The Labute approximate surface area is 131 Å². The maximum absolute atomic E-state index is 12.8. The molecule has 1 aromatic carbocycles. The summed E-state index contributed by atoms with van der Waals surface area (Å²) in [5.74, 6) is 0.527. The molecule has 0 bridgehead atoms. The van der Waals surface area contributed by atoms with Gasteiger partial charge in [-0.05, 0) is 37.9 Å². The minimum absolute atomic E-state index is 0.162. The van der Waals surface area contributed by atoms with Gasteiger partial charge in [0.2, 0.25) is 5.91 Å². The molecule has 4 heteroatoms. The van der Waals surface area contributed by atoms with Crippen LogP contribution in [0.25, 0.3) is 10.9 Å². The molecule has 0 radical (unpaired) electrons. The summed E-state index contributed by atoms with van der Waals surface area (Å²) in [6.45, 7) is 3.76. The lowest BCUT2D eigenvalue weighted by Crippen LogP contribution is -2.49. The summed E-state index contributed by atoms with van der Waals surface area (Å²) in [5, 5.41) is 1.30. The zero-order valence-corrected chi connectivity index (χ0v) is 13.1. The van der Waals surface area contributed by atoms with E-state index in [-0.39, 0.29) is 5.92 Å². The number of likely N-dealkylation sites (N-methyl/N-ethyl adjacent to an activating group) is 1. The van der Waals surface area contributed by atoms with Crippen LogP contribution in [0.4, 0.5) is 0 Å². The summed E-state index contributed by atoms with van der Waals surface area (Å²) in [6.07, 6.45) is 2.86. The van der Waals surface area contributed by atoms with Gasteiger partial charge >= 0.3 is 0 Å². The Bertz CT molecular complexity index is 697. The molecule has 4 nitrogen and oxygen atoms in total. The van der Waals surface area contributed by atoms with Crippen LogP contribution in [0.2, 0.25) is 0 Å². The zero-order chi connectivity index (χ0) is 15.1. The second-order valence-corrected chi connectivity index (χ2v) is 6.70. The molecule has 2 aromatic rings. The zero-order valence-electron chi connectivity index (χ0n) is 13.1. The molecule has 1 atom stereocenters. The van der Waals surface area contributed by atoms with E-state index >= 15 is 0 Å². The van der Waals surface area contributed by atoms with Crippen LogP contribution in [0.1, 0.15) is 17.7 Å². The summed E-state index contributed by atoms with van der Waals surface area (Å²) in [4.78, 5) is 20.7. The first-order valence-electron chi connectivity index (χ1n) is 8.28. The minimum atomic E-state index is 0.162. The number of nitrogens with one attached hydrogen (secondary N) is 1. The highest BCUT2D eigenvalue weighted by molar-refractivity contribution is 5.87. The number of carbonyl (C=O) groups excluding carboxylic acids is 1. The number of H-pyrrole nitrogens is 1. The van der Waals surface area contributed by atoms with Crippen LogP contribution in [0.15, 0.2) is 24.3 Å². The molecule has 1 unspecified atom stereocenters. The maximum Gasteiger partial charge on any atom is 0.226 e.